The van der Waals surface area contributed by atoms with Crippen molar-refractivity contribution in [3.63, 3.8) is 0 Å². The normalized spacial score (nSPS) is 10.7. The predicted molar refractivity (Wildman–Crippen MR) is 65.7 cm³/mol. The van der Waals surface area contributed by atoms with Gasteiger partial charge in [0.25, 0.3) is 5.91 Å². The molecule has 84 valence electrons. The lowest BCUT2D eigenvalue weighted by atomic mass is 10.1. The second-order valence-corrected chi connectivity index (χ2v) is 4.16. The molecule has 1 N–H and O–H groups in total. The first-order valence-electron chi connectivity index (χ1n) is 5.45. The highest BCUT2D eigenvalue weighted by Gasteiger charge is 2.10. The highest BCUT2D eigenvalue weighted by molar-refractivity contribution is 5.97. The first-order chi connectivity index (χ1) is 7.61. The minimum Gasteiger partial charge on any atom is -0.351 e. The number of H-pyrrole nitrogens is 1. The van der Waals surface area contributed by atoms with Crippen LogP contribution >= 0.6 is 0 Å². The van der Waals surface area contributed by atoms with Gasteiger partial charge in [-0.15, -0.1) is 0 Å². The Morgan fingerprint density at radius 1 is 1.31 bits per heavy atom. The first kappa shape index (κ1) is 10.7. The van der Waals surface area contributed by atoms with Gasteiger partial charge in [0.15, 0.2) is 0 Å². The lowest BCUT2D eigenvalue weighted by molar-refractivity contribution is 0.0823. The number of carbonyl (C=O) groups excluding carboxylic acids is 1. The van der Waals surface area contributed by atoms with E-state index in [9.17, 15) is 4.79 Å². The molecule has 2 aromatic rings. The van der Waals surface area contributed by atoms with Crippen LogP contribution in [-0.4, -0.2) is 29.9 Å². The van der Waals surface area contributed by atoms with Crippen molar-refractivity contribution in [1.82, 2.24) is 9.88 Å². The Kier molecular flexibility index (Phi) is 2.69. The van der Waals surface area contributed by atoms with E-state index in [1.54, 1.807) is 19.0 Å². The summed E-state index contributed by atoms with van der Waals surface area (Å²) in [6.45, 7) is 2.12. The Morgan fingerprint density at radius 3 is 2.69 bits per heavy atom. The fraction of sp³-hybridized carbons (Fsp3) is 0.308. The molecule has 0 atom stereocenters. The average molecular weight is 216 g/mol. The van der Waals surface area contributed by atoms with Gasteiger partial charge < -0.3 is 9.88 Å². The van der Waals surface area contributed by atoms with E-state index in [-0.39, 0.29) is 5.91 Å². The maximum Gasteiger partial charge on any atom is 0.269 e. The van der Waals surface area contributed by atoms with E-state index in [1.165, 1.54) is 5.56 Å². The summed E-state index contributed by atoms with van der Waals surface area (Å²) in [6.07, 6.45) is 1.01. The molecular formula is C13H16N2O. The van der Waals surface area contributed by atoms with Crippen molar-refractivity contribution in [2.75, 3.05) is 14.1 Å². The molecule has 3 heteroatoms. The summed E-state index contributed by atoms with van der Waals surface area (Å²) in [5.41, 5.74) is 2.95. The smallest absolute Gasteiger partial charge is 0.269 e. The number of hydrogen-bond acceptors (Lipinski definition) is 1. The Morgan fingerprint density at radius 2 is 2.06 bits per heavy atom. The van der Waals surface area contributed by atoms with Crippen molar-refractivity contribution in [1.29, 1.82) is 0 Å². The van der Waals surface area contributed by atoms with E-state index in [2.05, 4.69) is 24.0 Å². The molecule has 0 bridgehead atoms. The van der Waals surface area contributed by atoms with Crippen molar-refractivity contribution < 1.29 is 4.79 Å². The van der Waals surface area contributed by atoms with Gasteiger partial charge in [0, 0.05) is 25.0 Å². The number of nitrogens with one attached hydrogen (secondary N) is 1. The summed E-state index contributed by atoms with van der Waals surface area (Å²) in [7, 11) is 3.51. The monoisotopic (exact) mass is 216 g/mol. The minimum absolute atomic E-state index is 0.00856. The number of nitrogens with zero attached hydrogens (tertiary/aromatic N) is 1. The van der Waals surface area contributed by atoms with E-state index in [1.807, 2.05) is 12.1 Å². The Bertz CT molecular complexity index is 526. The zero-order valence-corrected chi connectivity index (χ0v) is 9.87. The molecule has 0 saturated carbocycles. The number of rotatable bonds is 2. The number of carbonyl (C=O) groups is 1. The van der Waals surface area contributed by atoms with Gasteiger partial charge in [-0.1, -0.05) is 13.0 Å². The molecule has 0 fully saturated rings. The average Bonchev–Trinajstić information content (AvgIpc) is 2.69. The van der Waals surface area contributed by atoms with Crippen molar-refractivity contribution in [2.24, 2.45) is 0 Å². The SMILES string of the molecule is CCc1ccc2[nH]c(C(=O)N(C)C)cc2c1. The van der Waals surface area contributed by atoms with Crippen LogP contribution in [0.5, 0.6) is 0 Å². The van der Waals surface area contributed by atoms with E-state index >= 15 is 0 Å². The number of aromatic amines is 1. The molecule has 0 saturated heterocycles. The van der Waals surface area contributed by atoms with Crippen molar-refractivity contribution in [3.05, 3.63) is 35.5 Å². The zero-order chi connectivity index (χ0) is 11.7. The first-order valence-corrected chi connectivity index (χ1v) is 5.45. The summed E-state index contributed by atoms with van der Waals surface area (Å²) in [5, 5.41) is 1.10. The number of fused-ring (bicyclic) bond motifs is 1. The van der Waals surface area contributed by atoms with E-state index in [0.717, 1.165) is 17.3 Å². The van der Waals surface area contributed by atoms with Crippen LogP contribution in [0.15, 0.2) is 24.3 Å². The third kappa shape index (κ3) is 1.81. The van der Waals surface area contributed by atoms with Gasteiger partial charge in [-0.05, 0) is 30.2 Å². The zero-order valence-electron chi connectivity index (χ0n) is 9.87. The third-order valence-corrected chi connectivity index (χ3v) is 2.73. The molecule has 2 rings (SSSR count). The van der Waals surface area contributed by atoms with Gasteiger partial charge in [0.1, 0.15) is 5.69 Å². The molecular weight excluding hydrogens is 200 g/mol. The Balaban J connectivity index is 2.47. The standard InChI is InChI=1S/C13H16N2O/c1-4-9-5-6-11-10(7-9)8-12(14-11)13(16)15(2)3/h5-8,14H,4H2,1-3H3. The largest absolute Gasteiger partial charge is 0.351 e. The summed E-state index contributed by atoms with van der Waals surface area (Å²) < 4.78 is 0. The maximum atomic E-state index is 11.8. The van der Waals surface area contributed by atoms with Gasteiger partial charge in [-0.2, -0.15) is 0 Å². The van der Waals surface area contributed by atoms with Crippen molar-refractivity contribution >= 4 is 16.8 Å². The van der Waals surface area contributed by atoms with Gasteiger partial charge in [0.2, 0.25) is 0 Å². The lowest BCUT2D eigenvalue weighted by Crippen LogP contribution is -2.21. The van der Waals surface area contributed by atoms with Gasteiger partial charge >= 0.3 is 0 Å². The summed E-state index contributed by atoms with van der Waals surface area (Å²) in [6, 6.07) is 8.15. The summed E-state index contributed by atoms with van der Waals surface area (Å²) >= 11 is 0. The molecule has 3 nitrogen and oxygen atoms in total. The molecule has 1 heterocycles. The minimum atomic E-state index is 0.00856. The third-order valence-electron chi connectivity index (χ3n) is 2.73. The van der Waals surface area contributed by atoms with Crippen LogP contribution in [-0.2, 0) is 6.42 Å². The maximum absolute atomic E-state index is 11.8. The van der Waals surface area contributed by atoms with Gasteiger partial charge in [-0.3, -0.25) is 4.79 Å². The number of amides is 1. The van der Waals surface area contributed by atoms with Crippen LogP contribution in [0, 0.1) is 0 Å². The van der Waals surface area contributed by atoms with Crippen LogP contribution in [0.2, 0.25) is 0 Å². The highest BCUT2D eigenvalue weighted by Crippen LogP contribution is 2.18. The van der Waals surface area contributed by atoms with Crippen molar-refractivity contribution in [3.8, 4) is 0 Å². The molecule has 0 aliphatic heterocycles. The fourth-order valence-corrected chi connectivity index (χ4v) is 1.76. The number of hydrogen-bond donors (Lipinski definition) is 1. The van der Waals surface area contributed by atoms with Gasteiger partial charge in [0.05, 0.1) is 0 Å². The number of aryl methyl sites for hydroxylation is 1. The second-order valence-electron chi connectivity index (χ2n) is 4.16. The molecule has 0 radical (unpaired) electrons. The molecule has 16 heavy (non-hydrogen) atoms. The number of aromatic nitrogens is 1. The van der Waals surface area contributed by atoms with Crippen molar-refractivity contribution in [2.45, 2.75) is 13.3 Å². The van der Waals surface area contributed by atoms with E-state index in [4.69, 9.17) is 0 Å². The molecule has 1 amide bonds. The van der Waals surface area contributed by atoms with E-state index < -0.39 is 0 Å². The quantitative estimate of drug-likeness (QED) is 0.822. The second kappa shape index (κ2) is 4.00. The summed E-state index contributed by atoms with van der Waals surface area (Å²) in [4.78, 5) is 16.5. The molecule has 0 aliphatic rings. The van der Waals surface area contributed by atoms with Gasteiger partial charge in [-0.25, -0.2) is 0 Å². The fourth-order valence-electron chi connectivity index (χ4n) is 1.76. The van der Waals surface area contributed by atoms with Crippen LogP contribution in [0.1, 0.15) is 23.0 Å². The Labute approximate surface area is 95.1 Å². The predicted octanol–water partition coefficient (Wildman–Crippen LogP) is 2.43. The molecule has 1 aromatic carbocycles. The molecule has 0 spiro atoms. The highest BCUT2D eigenvalue weighted by atomic mass is 16.2. The summed E-state index contributed by atoms with van der Waals surface area (Å²) in [5.74, 6) is 0.00856. The molecule has 0 unspecified atom stereocenters. The van der Waals surface area contributed by atoms with E-state index in [0.29, 0.717) is 5.69 Å². The van der Waals surface area contributed by atoms with Crippen LogP contribution in [0.4, 0.5) is 0 Å². The molecule has 0 aliphatic carbocycles. The van der Waals surface area contributed by atoms with Crippen LogP contribution < -0.4 is 0 Å². The van der Waals surface area contributed by atoms with Crippen LogP contribution in [0.3, 0.4) is 0 Å². The Hall–Kier alpha value is -1.77. The number of benzene rings is 1. The topological polar surface area (TPSA) is 36.1 Å². The molecule has 1 aromatic heterocycles. The van der Waals surface area contributed by atoms with Crippen LogP contribution in [0.25, 0.3) is 10.9 Å². The lowest BCUT2D eigenvalue weighted by Gasteiger charge is -2.07.